The van der Waals surface area contributed by atoms with Crippen LogP contribution in [0.3, 0.4) is 0 Å². The van der Waals surface area contributed by atoms with Crippen molar-refractivity contribution in [2.75, 3.05) is 0 Å². The standard InChI is InChI=1S/2C22H25.C2H7Si.2ClH.Zr/c2*1-5-9-16-12-13-18-14-19(22(2,3)4)15-20(18)21(16)17-10-7-6-8-11-17;1-3-2;;;/h2*6-8,10-15H,5,9H2,1-4H3;3H,1-2H3;2*1H;/q;;;;;+2/p-2. The summed E-state index contributed by atoms with van der Waals surface area (Å²) in [4.78, 5) is 0. The van der Waals surface area contributed by atoms with Gasteiger partial charge in [0.2, 0.25) is 0 Å². The number of fused-ring (bicyclic) bond motifs is 2. The molecule has 4 heteroatoms. The van der Waals surface area contributed by atoms with Crippen molar-refractivity contribution in [1.29, 1.82) is 0 Å². The molecule has 0 saturated heterocycles. The number of halogens is 2. The van der Waals surface area contributed by atoms with Gasteiger partial charge in [-0.15, -0.1) is 0 Å². The zero-order valence-electron chi connectivity index (χ0n) is 32.1. The number of hydrogen-bond donors (Lipinski definition) is 0. The summed E-state index contributed by atoms with van der Waals surface area (Å²) >= 11 is -5.04. The second-order valence-corrected chi connectivity index (χ2v) is 59.9. The van der Waals surface area contributed by atoms with Gasteiger partial charge in [0, 0.05) is 0 Å². The Morgan fingerprint density at radius 1 is 0.560 bits per heavy atom. The third kappa shape index (κ3) is 6.27. The molecule has 0 aliphatic heterocycles. The van der Waals surface area contributed by atoms with Crippen LogP contribution < -0.4 is 0 Å². The molecule has 0 fully saturated rings. The van der Waals surface area contributed by atoms with E-state index in [1.807, 2.05) is 0 Å². The van der Waals surface area contributed by atoms with Gasteiger partial charge in [-0.3, -0.25) is 0 Å². The molecule has 50 heavy (non-hydrogen) atoms. The fourth-order valence-corrected chi connectivity index (χ4v) is 40.6. The van der Waals surface area contributed by atoms with Gasteiger partial charge in [0.05, 0.1) is 0 Å². The Hall–Kier alpha value is -1.96. The molecule has 2 aliphatic carbocycles. The Kier molecular flexibility index (Phi) is 10.4. The monoisotopic (exact) mass is 797 g/mol. The third-order valence-corrected chi connectivity index (χ3v) is 63.2. The first-order valence-electron chi connectivity index (χ1n) is 19.0. The molecule has 0 N–H and O–H groups in total. The molecule has 0 aromatic heterocycles. The van der Waals surface area contributed by atoms with Crippen molar-refractivity contribution >= 4 is 35.1 Å². The van der Waals surface area contributed by atoms with Crippen molar-refractivity contribution in [3.63, 3.8) is 0 Å². The third-order valence-electron chi connectivity index (χ3n) is 11.7. The zero-order chi connectivity index (χ0) is 36.2. The minimum absolute atomic E-state index is 0.0387. The number of rotatable bonds is 9. The topological polar surface area (TPSA) is 0 Å². The summed E-state index contributed by atoms with van der Waals surface area (Å²) in [7, 11) is 17.9. The van der Waals surface area contributed by atoms with E-state index in [9.17, 15) is 0 Å². The number of benzene rings is 4. The Bertz CT molecular complexity index is 1820. The van der Waals surface area contributed by atoms with E-state index in [-0.39, 0.29) is 18.1 Å². The quantitative estimate of drug-likeness (QED) is 0.148. The van der Waals surface area contributed by atoms with Gasteiger partial charge in [0.25, 0.3) is 0 Å². The first kappa shape index (κ1) is 37.8. The van der Waals surface area contributed by atoms with Crippen LogP contribution in [-0.4, -0.2) is 5.92 Å². The Labute approximate surface area is 312 Å². The van der Waals surface area contributed by atoms with E-state index in [0.717, 1.165) is 25.7 Å². The minimum atomic E-state index is -5.04. The van der Waals surface area contributed by atoms with Crippen LogP contribution in [0.25, 0.3) is 34.4 Å². The molecule has 263 valence electrons. The SMILES string of the molecule is CCCc1ccc2c(c1-c1ccccc1)C=C(C(C)(C)C)[CH]2[Zr]([Cl])([Cl])([CH]1C(C(C)(C)C)=Cc2c1ccc(CCC)c2-c1ccccc1)[SiH](C)C. The average molecular weight is 800 g/mol. The summed E-state index contributed by atoms with van der Waals surface area (Å²) in [6, 6.07) is 31.8. The van der Waals surface area contributed by atoms with Crippen LogP contribution in [0, 0.1) is 10.8 Å². The van der Waals surface area contributed by atoms with E-state index in [1.165, 1.54) is 66.8 Å². The van der Waals surface area contributed by atoms with Crippen molar-refractivity contribution in [2.45, 2.75) is 101 Å². The molecule has 0 bridgehead atoms. The molecule has 0 radical (unpaired) electrons. The van der Waals surface area contributed by atoms with Crippen LogP contribution in [0.1, 0.15) is 109 Å². The van der Waals surface area contributed by atoms with Crippen LogP contribution in [0.2, 0.25) is 13.1 Å². The molecular formula is C46H57Cl2SiZr. The fourth-order valence-electron chi connectivity index (χ4n) is 9.16. The molecule has 0 saturated carbocycles. The van der Waals surface area contributed by atoms with E-state index in [0.29, 0.717) is 0 Å². The van der Waals surface area contributed by atoms with Gasteiger partial charge < -0.3 is 0 Å². The second kappa shape index (κ2) is 13.8. The predicted molar refractivity (Wildman–Crippen MR) is 223 cm³/mol. The molecule has 6 rings (SSSR count). The van der Waals surface area contributed by atoms with Crippen molar-refractivity contribution in [1.82, 2.24) is 0 Å². The van der Waals surface area contributed by atoms with Crippen molar-refractivity contribution < 1.29 is 15.6 Å². The normalized spacial score (nSPS) is 18.4. The average Bonchev–Trinajstić information content (AvgIpc) is 3.67. The van der Waals surface area contributed by atoms with E-state index >= 15 is 0 Å². The Morgan fingerprint density at radius 2 is 0.920 bits per heavy atom. The predicted octanol–water partition coefficient (Wildman–Crippen LogP) is 14.6. The Balaban J connectivity index is 1.70. The van der Waals surface area contributed by atoms with Crippen LogP contribution in [0.15, 0.2) is 96.1 Å². The summed E-state index contributed by atoms with van der Waals surface area (Å²) in [5.74, 6) is -1.73. The van der Waals surface area contributed by atoms with E-state index < -0.39 is 21.5 Å². The fraction of sp³-hybridized carbons (Fsp3) is 0.391. The van der Waals surface area contributed by atoms with Gasteiger partial charge in [0.1, 0.15) is 0 Å². The van der Waals surface area contributed by atoms with Crippen molar-refractivity contribution in [3.05, 3.63) is 129 Å². The molecule has 0 nitrogen and oxygen atoms in total. The first-order valence-corrected chi connectivity index (χ1v) is 35.3. The molecule has 0 amide bonds. The van der Waals surface area contributed by atoms with Gasteiger partial charge in [-0.2, -0.15) is 0 Å². The maximum atomic E-state index is 8.95. The molecule has 2 unspecified atom stereocenters. The molecule has 4 aromatic carbocycles. The molecule has 0 heterocycles. The summed E-state index contributed by atoms with van der Waals surface area (Å²) in [6.07, 6.45) is 9.40. The van der Waals surface area contributed by atoms with E-state index in [1.54, 1.807) is 0 Å². The summed E-state index contributed by atoms with van der Waals surface area (Å²) in [5, 5.41) is 0. The molecule has 2 aliphatic rings. The first-order chi connectivity index (χ1) is 23.5. The van der Waals surface area contributed by atoms with Gasteiger partial charge >= 0.3 is 315 Å². The molecule has 2 atom stereocenters. The van der Waals surface area contributed by atoms with Crippen molar-refractivity contribution in [2.24, 2.45) is 10.8 Å². The Morgan fingerprint density at radius 3 is 1.22 bits per heavy atom. The number of allylic oxidation sites excluding steroid dienone is 2. The summed E-state index contributed by atoms with van der Waals surface area (Å²) in [6.45, 7) is 23.8. The molecular weight excluding hydrogens is 743 g/mol. The van der Waals surface area contributed by atoms with Crippen molar-refractivity contribution in [3.8, 4) is 22.3 Å². The summed E-state index contributed by atoms with van der Waals surface area (Å²) in [5.41, 5.74) is 16.3. The van der Waals surface area contributed by atoms with E-state index in [4.69, 9.17) is 17.0 Å². The maximum absolute atomic E-state index is 8.95. The van der Waals surface area contributed by atoms with Gasteiger partial charge in [-0.05, 0) is 0 Å². The zero-order valence-corrected chi connectivity index (χ0v) is 37.2. The van der Waals surface area contributed by atoms with Gasteiger partial charge in [-0.25, -0.2) is 0 Å². The second-order valence-electron chi connectivity index (χ2n) is 17.4. The van der Waals surface area contributed by atoms with E-state index in [2.05, 4.69) is 166 Å². The van der Waals surface area contributed by atoms with Crippen LogP contribution in [-0.2, 0) is 28.4 Å². The van der Waals surface area contributed by atoms with Crippen LogP contribution >= 0.6 is 17.0 Å². The molecule has 0 spiro atoms. The van der Waals surface area contributed by atoms with Crippen LogP contribution in [0.5, 0.6) is 0 Å². The summed E-state index contributed by atoms with van der Waals surface area (Å²) < 4.78 is 0.0774. The number of hydrogen-bond acceptors (Lipinski definition) is 0. The number of aryl methyl sites for hydroxylation is 2. The molecule has 4 aromatic rings. The van der Waals surface area contributed by atoms with Gasteiger partial charge in [-0.1, -0.05) is 0 Å². The van der Waals surface area contributed by atoms with Gasteiger partial charge in [0.15, 0.2) is 0 Å². The van der Waals surface area contributed by atoms with Crippen LogP contribution in [0.4, 0.5) is 0 Å².